The quantitative estimate of drug-likeness (QED) is 0.780. The molecule has 0 aliphatic carbocycles. The van der Waals surface area contributed by atoms with Crippen molar-refractivity contribution in [2.24, 2.45) is 0 Å². The molecule has 0 bridgehead atoms. The molecule has 1 aromatic carbocycles. The number of benzene rings is 1. The van der Waals surface area contributed by atoms with Crippen LogP contribution in [0.25, 0.3) is 11.1 Å². The molecule has 92 valence electrons. The Labute approximate surface area is 104 Å². The summed E-state index contributed by atoms with van der Waals surface area (Å²) in [6.45, 7) is 1.88. The van der Waals surface area contributed by atoms with Gasteiger partial charge in [0.25, 0.3) is 0 Å². The number of rotatable bonds is 3. The zero-order chi connectivity index (χ0) is 13.1. The molecule has 18 heavy (non-hydrogen) atoms. The van der Waals surface area contributed by atoms with Gasteiger partial charge in [-0.15, -0.1) is 0 Å². The molecule has 1 heterocycles. The van der Waals surface area contributed by atoms with Gasteiger partial charge in [0, 0.05) is 17.2 Å². The van der Waals surface area contributed by atoms with Crippen LogP contribution in [0.5, 0.6) is 5.88 Å². The van der Waals surface area contributed by atoms with Crippen molar-refractivity contribution in [3.63, 3.8) is 0 Å². The molecule has 0 N–H and O–H groups in total. The zero-order valence-electron chi connectivity index (χ0n) is 10.1. The highest BCUT2D eigenvalue weighted by atomic mass is 19.1. The molecule has 0 spiro atoms. The van der Waals surface area contributed by atoms with Crippen molar-refractivity contribution in [3.8, 4) is 17.0 Å². The fraction of sp³-hybridized carbons (Fsp3) is 0.143. The van der Waals surface area contributed by atoms with E-state index in [-0.39, 0.29) is 0 Å². The molecule has 0 fully saturated rings. The van der Waals surface area contributed by atoms with Gasteiger partial charge >= 0.3 is 0 Å². The van der Waals surface area contributed by atoms with Crippen molar-refractivity contribution in [1.29, 1.82) is 0 Å². The lowest BCUT2D eigenvalue weighted by atomic mass is 9.99. The average Bonchev–Trinajstić information content (AvgIpc) is 2.39. The number of carbonyl (C=O) groups is 1. The third-order valence-electron chi connectivity index (χ3n) is 2.66. The van der Waals surface area contributed by atoms with E-state index in [9.17, 15) is 9.18 Å². The smallest absolute Gasteiger partial charge is 0.213 e. The number of halogens is 1. The standard InChI is InChI=1S/C14H12FNO2/c1-9-3-4-11(10(5-9)8-17)12-6-14(18-2)16-7-13(12)15/h3-8H,1-2H3. The van der Waals surface area contributed by atoms with Gasteiger partial charge in [0.05, 0.1) is 13.3 Å². The molecular weight excluding hydrogens is 233 g/mol. The molecule has 0 unspecified atom stereocenters. The highest BCUT2D eigenvalue weighted by molar-refractivity contribution is 5.88. The second kappa shape index (κ2) is 4.96. The van der Waals surface area contributed by atoms with Crippen LogP contribution in [0.4, 0.5) is 4.39 Å². The van der Waals surface area contributed by atoms with Gasteiger partial charge < -0.3 is 4.74 Å². The fourth-order valence-corrected chi connectivity index (χ4v) is 1.76. The molecule has 0 aliphatic rings. The van der Waals surface area contributed by atoms with Gasteiger partial charge in [-0.05, 0) is 18.6 Å². The van der Waals surface area contributed by atoms with Crippen LogP contribution in [0, 0.1) is 12.7 Å². The van der Waals surface area contributed by atoms with Crippen molar-refractivity contribution in [2.45, 2.75) is 6.92 Å². The van der Waals surface area contributed by atoms with E-state index in [1.807, 2.05) is 13.0 Å². The summed E-state index contributed by atoms with van der Waals surface area (Å²) in [5, 5.41) is 0. The molecule has 0 amide bonds. The lowest BCUT2D eigenvalue weighted by molar-refractivity contribution is 0.112. The number of methoxy groups -OCH3 is 1. The zero-order valence-corrected chi connectivity index (χ0v) is 10.1. The van der Waals surface area contributed by atoms with Crippen LogP contribution in [-0.2, 0) is 0 Å². The average molecular weight is 245 g/mol. The fourth-order valence-electron chi connectivity index (χ4n) is 1.76. The van der Waals surface area contributed by atoms with Crippen LogP contribution in [0.1, 0.15) is 15.9 Å². The largest absolute Gasteiger partial charge is 0.481 e. The molecule has 3 nitrogen and oxygen atoms in total. The number of hydrogen-bond acceptors (Lipinski definition) is 3. The molecule has 0 saturated heterocycles. The number of pyridine rings is 1. The summed E-state index contributed by atoms with van der Waals surface area (Å²) in [5.74, 6) is -0.174. The van der Waals surface area contributed by atoms with E-state index >= 15 is 0 Å². The Morgan fingerprint density at radius 2 is 2.06 bits per heavy atom. The summed E-state index contributed by atoms with van der Waals surface area (Å²) in [5.41, 5.74) is 2.24. The van der Waals surface area contributed by atoms with Gasteiger partial charge in [0.1, 0.15) is 5.82 Å². The normalized spacial score (nSPS) is 10.2. The van der Waals surface area contributed by atoms with Gasteiger partial charge in [-0.25, -0.2) is 9.37 Å². The molecule has 4 heteroatoms. The van der Waals surface area contributed by atoms with Crippen molar-refractivity contribution in [3.05, 3.63) is 47.4 Å². The SMILES string of the molecule is COc1cc(-c2ccc(C)cc2C=O)c(F)cn1. The van der Waals surface area contributed by atoms with E-state index in [0.717, 1.165) is 11.8 Å². The van der Waals surface area contributed by atoms with E-state index in [2.05, 4.69) is 4.98 Å². The second-order valence-electron chi connectivity index (χ2n) is 3.92. The summed E-state index contributed by atoms with van der Waals surface area (Å²) in [7, 11) is 1.46. The van der Waals surface area contributed by atoms with Gasteiger partial charge in [0.15, 0.2) is 6.29 Å². The van der Waals surface area contributed by atoms with E-state index < -0.39 is 5.82 Å². The van der Waals surface area contributed by atoms with Crippen molar-refractivity contribution in [1.82, 2.24) is 4.98 Å². The first-order valence-electron chi connectivity index (χ1n) is 5.41. The first-order chi connectivity index (χ1) is 8.65. The minimum absolute atomic E-state index is 0.309. The Morgan fingerprint density at radius 3 is 2.72 bits per heavy atom. The minimum atomic E-state index is -0.484. The molecule has 0 atom stereocenters. The van der Waals surface area contributed by atoms with E-state index in [0.29, 0.717) is 28.9 Å². The molecule has 2 aromatic rings. The third-order valence-corrected chi connectivity index (χ3v) is 2.66. The van der Waals surface area contributed by atoms with Crippen LogP contribution in [0.3, 0.4) is 0 Å². The molecule has 1 aromatic heterocycles. The molecule has 0 saturated carbocycles. The Hall–Kier alpha value is -2.23. The maximum absolute atomic E-state index is 13.8. The minimum Gasteiger partial charge on any atom is -0.481 e. The van der Waals surface area contributed by atoms with Gasteiger partial charge in [-0.1, -0.05) is 17.7 Å². The molecule has 2 rings (SSSR count). The van der Waals surface area contributed by atoms with E-state index in [1.54, 1.807) is 12.1 Å². The lowest BCUT2D eigenvalue weighted by Crippen LogP contribution is -1.95. The summed E-state index contributed by atoms with van der Waals surface area (Å²) in [6, 6.07) is 6.74. The summed E-state index contributed by atoms with van der Waals surface area (Å²) >= 11 is 0. The van der Waals surface area contributed by atoms with Crippen LogP contribution in [-0.4, -0.2) is 18.4 Å². The van der Waals surface area contributed by atoms with Crippen molar-refractivity contribution in [2.75, 3.05) is 7.11 Å². The molecule has 0 radical (unpaired) electrons. The van der Waals surface area contributed by atoms with Gasteiger partial charge in [0.2, 0.25) is 5.88 Å². The summed E-state index contributed by atoms with van der Waals surface area (Å²) in [4.78, 5) is 14.8. The number of aryl methyl sites for hydroxylation is 1. The Morgan fingerprint density at radius 1 is 1.28 bits per heavy atom. The van der Waals surface area contributed by atoms with Gasteiger partial charge in [-0.3, -0.25) is 4.79 Å². The summed E-state index contributed by atoms with van der Waals surface area (Å²) < 4.78 is 18.7. The van der Waals surface area contributed by atoms with Crippen LogP contribution >= 0.6 is 0 Å². The number of ether oxygens (including phenoxy) is 1. The van der Waals surface area contributed by atoms with Gasteiger partial charge in [-0.2, -0.15) is 0 Å². The predicted molar refractivity (Wildman–Crippen MR) is 66.3 cm³/mol. The maximum Gasteiger partial charge on any atom is 0.213 e. The number of carbonyl (C=O) groups excluding carboxylic acids is 1. The Balaban J connectivity index is 2.64. The Bertz CT molecular complexity index is 596. The first kappa shape index (κ1) is 12.2. The highest BCUT2D eigenvalue weighted by Gasteiger charge is 2.11. The number of aromatic nitrogens is 1. The number of nitrogens with zero attached hydrogens (tertiary/aromatic N) is 1. The predicted octanol–water partition coefficient (Wildman–Crippen LogP) is 3.02. The topological polar surface area (TPSA) is 39.2 Å². The maximum atomic E-state index is 13.8. The van der Waals surface area contributed by atoms with Crippen LogP contribution in [0.15, 0.2) is 30.5 Å². The highest BCUT2D eigenvalue weighted by Crippen LogP contribution is 2.28. The monoisotopic (exact) mass is 245 g/mol. The first-order valence-corrected chi connectivity index (χ1v) is 5.41. The van der Waals surface area contributed by atoms with Crippen LogP contribution < -0.4 is 4.74 Å². The molecular formula is C14H12FNO2. The second-order valence-corrected chi connectivity index (χ2v) is 3.92. The number of aldehydes is 1. The van der Waals surface area contributed by atoms with Crippen molar-refractivity contribution >= 4 is 6.29 Å². The summed E-state index contributed by atoms with van der Waals surface area (Å²) in [6.07, 6.45) is 1.80. The van der Waals surface area contributed by atoms with E-state index in [1.165, 1.54) is 13.2 Å². The van der Waals surface area contributed by atoms with E-state index in [4.69, 9.17) is 4.74 Å². The third kappa shape index (κ3) is 2.22. The van der Waals surface area contributed by atoms with Crippen LogP contribution in [0.2, 0.25) is 0 Å². The molecule has 0 aliphatic heterocycles. The van der Waals surface area contributed by atoms with Crippen molar-refractivity contribution < 1.29 is 13.9 Å². The number of hydrogen-bond donors (Lipinski definition) is 0. The lowest BCUT2D eigenvalue weighted by Gasteiger charge is -2.08. The Kier molecular flexibility index (Phi) is 3.37.